The van der Waals surface area contributed by atoms with E-state index in [2.05, 4.69) is 0 Å². The molecule has 0 bridgehead atoms. The predicted molar refractivity (Wildman–Crippen MR) is 49.8 cm³/mol. The van der Waals surface area contributed by atoms with E-state index >= 15 is 0 Å². The van der Waals surface area contributed by atoms with E-state index in [1.807, 2.05) is 0 Å². The molecule has 2 atom stereocenters. The van der Waals surface area contributed by atoms with Crippen LogP contribution in [0.1, 0.15) is 19.3 Å². The number of nitrogens with two attached hydrogens (primary N) is 1. The summed E-state index contributed by atoms with van der Waals surface area (Å²) in [5.41, 5.74) is 5.58. The summed E-state index contributed by atoms with van der Waals surface area (Å²) in [5, 5.41) is 18.0. The van der Waals surface area contributed by atoms with Crippen LogP contribution in [0.2, 0.25) is 0 Å². The predicted octanol–water partition coefficient (Wildman–Crippen LogP) is 0.218. The van der Waals surface area contributed by atoms with Crippen LogP contribution in [0.15, 0.2) is 0 Å². The van der Waals surface area contributed by atoms with Gasteiger partial charge in [0.1, 0.15) is 0 Å². The molecule has 1 heterocycles. The Morgan fingerprint density at radius 3 is 2.62 bits per heavy atom. The zero-order valence-corrected chi connectivity index (χ0v) is 8.04. The Kier molecular flexibility index (Phi) is 5.05. The van der Waals surface area contributed by atoms with E-state index in [4.69, 9.17) is 10.8 Å². The number of hydrogen-bond acceptors (Lipinski definition) is 3. The standard InChI is InChI=1S/C7H14N2O3.ClH/c8-6-3-1-2-5(10)4-9(6)7(11)12;/h5-6,10H,1-4,8H2,(H,11,12);1H. The first-order chi connectivity index (χ1) is 5.61. The monoisotopic (exact) mass is 210 g/mol. The van der Waals surface area contributed by atoms with Crippen LogP contribution in [0.25, 0.3) is 0 Å². The van der Waals surface area contributed by atoms with Gasteiger partial charge in [0.25, 0.3) is 0 Å². The van der Waals surface area contributed by atoms with Gasteiger partial charge in [-0.05, 0) is 19.3 Å². The van der Waals surface area contributed by atoms with Gasteiger partial charge in [-0.25, -0.2) is 4.79 Å². The summed E-state index contributed by atoms with van der Waals surface area (Å²) in [5.74, 6) is 0. The SMILES string of the molecule is Cl.NC1CCCC(O)CN1C(=O)O. The van der Waals surface area contributed by atoms with E-state index in [9.17, 15) is 9.90 Å². The molecule has 0 aliphatic carbocycles. The molecule has 2 unspecified atom stereocenters. The molecular weight excluding hydrogens is 196 g/mol. The minimum absolute atomic E-state index is 0. The van der Waals surface area contributed by atoms with Gasteiger partial charge >= 0.3 is 6.09 Å². The Morgan fingerprint density at radius 1 is 1.46 bits per heavy atom. The summed E-state index contributed by atoms with van der Waals surface area (Å²) >= 11 is 0. The number of carbonyl (C=O) groups is 1. The fraction of sp³-hybridized carbons (Fsp3) is 0.857. The van der Waals surface area contributed by atoms with Crippen LogP contribution in [0.5, 0.6) is 0 Å². The molecule has 0 aromatic rings. The molecule has 6 heteroatoms. The van der Waals surface area contributed by atoms with Gasteiger partial charge in [-0.3, -0.25) is 4.90 Å². The van der Waals surface area contributed by atoms with Crippen LogP contribution in [0.4, 0.5) is 4.79 Å². The average molecular weight is 211 g/mol. The Labute approximate surface area is 82.9 Å². The van der Waals surface area contributed by atoms with Gasteiger partial charge in [-0.2, -0.15) is 0 Å². The molecule has 1 saturated heterocycles. The highest BCUT2D eigenvalue weighted by Crippen LogP contribution is 2.13. The highest BCUT2D eigenvalue weighted by molar-refractivity contribution is 5.85. The van der Waals surface area contributed by atoms with Crippen molar-refractivity contribution in [2.24, 2.45) is 5.73 Å². The van der Waals surface area contributed by atoms with Crippen LogP contribution in [-0.2, 0) is 0 Å². The van der Waals surface area contributed by atoms with E-state index < -0.39 is 18.4 Å². The Bertz CT molecular complexity index is 179. The normalized spacial score (nSPS) is 28.9. The van der Waals surface area contributed by atoms with Crippen molar-refractivity contribution < 1.29 is 15.0 Å². The van der Waals surface area contributed by atoms with Gasteiger partial charge < -0.3 is 15.9 Å². The first-order valence-electron chi connectivity index (χ1n) is 4.04. The lowest BCUT2D eigenvalue weighted by Crippen LogP contribution is -2.46. The summed E-state index contributed by atoms with van der Waals surface area (Å²) in [7, 11) is 0. The van der Waals surface area contributed by atoms with Gasteiger partial charge in [0, 0.05) is 0 Å². The van der Waals surface area contributed by atoms with Gasteiger partial charge in [0.2, 0.25) is 0 Å². The third-order valence-corrected chi connectivity index (χ3v) is 2.09. The van der Waals surface area contributed by atoms with Gasteiger partial charge in [-0.15, -0.1) is 12.4 Å². The van der Waals surface area contributed by atoms with Crippen LogP contribution >= 0.6 is 12.4 Å². The number of rotatable bonds is 0. The zero-order valence-electron chi connectivity index (χ0n) is 7.22. The van der Waals surface area contributed by atoms with Gasteiger partial charge in [-0.1, -0.05) is 0 Å². The Hall–Kier alpha value is -0.520. The van der Waals surface area contributed by atoms with Crippen molar-refractivity contribution in [3.05, 3.63) is 0 Å². The van der Waals surface area contributed by atoms with Crippen molar-refractivity contribution in [3.8, 4) is 0 Å². The van der Waals surface area contributed by atoms with E-state index in [1.165, 1.54) is 0 Å². The maximum atomic E-state index is 10.6. The number of hydrogen-bond donors (Lipinski definition) is 3. The lowest BCUT2D eigenvalue weighted by atomic mass is 10.2. The lowest BCUT2D eigenvalue weighted by molar-refractivity contribution is 0.0877. The fourth-order valence-electron chi connectivity index (χ4n) is 1.39. The second-order valence-electron chi connectivity index (χ2n) is 3.09. The lowest BCUT2D eigenvalue weighted by Gasteiger charge is -2.24. The Balaban J connectivity index is 0.00000144. The van der Waals surface area contributed by atoms with E-state index in [0.29, 0.717) is 12.8 Å². The van der Waals surface area contributed by atoms with E-state index in [-0.39, 0.29) is 19.0 Å². The van der Waals surface area contributed by atoms with Crippen molar-refractivity contribution in [1.82, 2.24) is 4.90 Å². The van der Waals surface area contributed by atoms with Crippen molar-refractivity contribution in [2.45, 2.75) is 31.5 Å². The summed E-state index contributed by atoms with van der Waals surface area (Å²) < 4.78 is 0. The van der Waals surface area contributed by atoms with Crippen LogP contribution in [-0.4, -0.2) is 40.0 Å². The molecule has 78 valence electrons. The number of amides is 1. The first kappa shape index (κ1) is 12.5. The molecule has 1 aliphatic heterocycles. The number of likely N-dealkylation sites (tertiary alicyclic amines) is 1. The zero-order chi connectivity index (χ0) is 9.14. The average Bonchev–Trinajstić information content (AvgIpc) is 2.13. The molecule has 0 spiro atoms. The molecule has 0 saturated carbocycles. The molecule has 13 heavy (non-hydrogen) atoms. The highest BCUT2D eigenvalue weighted by Gasteiger charge is 2.25. The van der Waals surface area contributed by atoms with E-state index in [0.717, 1.165) is 11.3 Å². The third-order valence-electron chi connectivity index (χ3n) is 2.09. The fourth-order valence-corrected chi connectivity index (χ4v) is 1.39. The van der Waals surface area contributed by atoms with Crippen LogP contribution in [0.3, 0.4) is 0 Å². The molecule has 1 amide bonds. The maximum absolute atomic E-state index is 10.6. The second-order valence-corrected chi connectivity index (χ2v) is 3.09. The quantitative estimate of drug-likeness (QED) is 0.534. The smallest absolute Gasteiger partial charge is 0.408 e. The maximum Gasteiger partial charge on any atom is 0.408 e. The molecule has 0 aromatic heterocycles. The second kappa shape index (κ2) is 5.26. The summed E-state index contributed by atoms with van der Waals surface area (Å²) in [4.78, 5) is 11.7. The molecule has 5 nitrogen and oxygen atoms in total. The number of β-amino-alcohol motifs (C(OH)–C–C–N with tert-alkyl or cyclic N) is 1. The van der Waals surface area contributed by atoms with Crippen LogP contribution in [0, 0.1) is 0 Å². The molecular formula is C7H15ClN2O3. The first-order valence-corrected chi connectivity index (χ1v) is 4.04. The number of aliphatic hydroxyl groups excluding tert-OH is 1. The van der Waals surface area contributed by atoms with Gasteiger partial charge in [0.15, 0.2) is 0 Å². The molecule has 1 aliphatic rings. The molecule has 0 radical (unpaired) electrons. The summed E-state index contributed by atoms with van der Waals surface area (Å²) in [6, 6.07) is 0. The summed E-state index contributed by atoms with van der Waals surface area (Å²) in [6.07, 6.45) is -0.0230. The Morgan fingerprint density at radius 2 is 2.08 bits per heavy atom. The minimum atomic E-state index is -1.05. The number of carboxylic acid groups (broad SMARTS) is 1. The molecule has 1 rings (SSSR count). The minimum Gasteiger partial charge on any atom is -0.465 e. The van der Waals surface area contributed by atoms with Crippen molar-refractivity contribution >= 4 is 18.5 Å². The largest absolute Gasteiger partial charge is 0.465 e. The number of nitrogens with zero attached hydrogens (tertiary/aromatic N) is 1. The molecule has 0 aromatic carbocycles. The van der Waals surface area contributed by atoms with Crippen molar-refractivity contribution in [2.75, 3.05) is 6.54 Å². The van der Waals surface area contributed by atoms with Crippen LogP contribution < -0.4 is 5.73 Å². The van der Waals surface area contributed by atoms with Crippen molar-refractivity contribution in [3.63, 3.8) is 0 Å². The molecule has 1 fully saturated rings. The highest BCUT2D eigenvalue weighted by atomic mass is 35.5. The van der Waals surface area contributed by atoms with E-state index in [1.54, 1.807) is 0 Å². The topological polar surface area (TPSA) is 86.8 Å². The molecule has 4 N–H and O–H groups in total. The van der Waals surface area contributed by atoms with Crippen molar-refractivity contribution in [1.29, 1.82) is 0 Å². The third kappa shape index (κ3) is 3.38. The number of halogens is 1. The summed E-state index contributed by atoms with van der Waals surface area (Å²) in [6.45, 7) is 0.135. The number of aliphatic hydroxyl groups is 1. The van der Waals surface area contributed by atoms with Gasteiger partial charge in [0.05, 0.1) is 18.8 Å².